The number of amides is 1. The number of ether oxygens (including phenoxy) is 1. The van der Waals surface area contributed by atoms with Crippen LogP contribution in [0.5, 0.6) is 5.75 Å². The van der Waals surface area contributed by atoms with Crippen LogP contribution in [0.3, 0.4) is 0 Å². The van der Waals surface area contributed by atoms with Crippen LogP contribution in [0, 0.1) is 11.6 Å². The molecule has 0 aromatic heterocycles. The fourth-order valence-electron chi connectivity index (χ4n) is 1.54. The van der Waals surface area contributed by atoms with Gasteiger partial charge in [-0.3, -0.25) is 9.63 Å². The van der Waals surface area contributed by atoms with E-state index < -0.39 is 24.1 Å². The minimum absolute atomic E-state index is 0.199. The van der Waals surface area contributed by atoms with Crippen molar-refractivity contribution in [3.63, 3.8) is 0 Å². The number of hydrogen-bond donors (Lipinski definition) is 1. The van der Waals surface area contributed by atoms with Crippen molar-refractivity contribution in [2.45, 2.75) is 6.61 Å². The topological polar surface area (TPSA) is 47.6 Å². The number of rotatable bonds is 6. The molecule has 0 bridgehead atoms. The predicted octanol–water partition coefficient (Wildman–Crippen LogP) is 2.59. The van der Waals surface area contributed by atoms with E-state index in [9.17, 15) is 13.6 Å². The third-order valence-electron chi connectivity index (χ3n) is 2.52. The van der Waals surface area contributed by atoms with Gasteiger partial charge in [-0.1, -0.05) is 30.3 Å². The van der Waals surface area contributed by atoms with Gasteiger partial charge >= 0.3 is 0 Å². The molecule has 0 fully saturated rings. The maximum Gasteiger partial charge on any atom is 0.281 e. The van der Waals surface area contributed by atoms with Crippen molar-refractivity contribution in [2.24, 2.45) is 0 Å². The minimum atomic E-state index is -0.868. The monoisotopic (exact) mass is 293 g/mol. The van der Waals surface area contributed by atoms with Gasteiger partial charge in [-0.05, 0) is 17.7 Å². The molecule has 6 heteroatoms. The van der Waals surface area contributed by atoms with Gasteiger partial charge in [0.1, 0.15) is 5.82 Å². The smallest absolute Gasteiger partial charge is 0.281 e. The van der Waals surface area contributed by atoms with Crippen LogP contribution in [-0.4, -0.2) is 12.5 Å². The highest BCUT2D eigenvalue weighted by molar-refractivity contribution is 5.76. The molecule has 0 heterocycles. The largest absolute Gasteiger partial charge is 0.481 e. The van der Waals surface area contributed by atoms with Crippen LogP contribution in [0.1, 0.15) is 5.56 Å². The molecule has 1 N–H and O–H groups in total. The zero-order valence-corrected chi connectivity index (χ0v) is 11.0. The summed E-state index contributed by atoms with van der Waals surface area (Å²) in [6.45, 7) is -0.227. The van der Waals surface area contributed by atoms with Crippen LogP contribution in [0.2, 0.25) is 0 Å². The third-order valence-corrected chi connectivity index (χ3v) is 2.52. The molecule has 0 atom stereocenters. The van der Waals surface area contributed by atoms with Gasteiger partial charge in [0.2, 0.25) is 0 Å². The van der Waals surface area contributed by atoms with E-state index in [1.54, 1.807) is 0 Å². The van der Waals surface area contributed by atoms with E-state index >= 15 is 0 Å². The molecule has 0 saturated heterocycles. The second kappa shape index (κ2) is 7.35. The lowest BCUT2D eigenvalue weighted by Gasteiger charge is -2.08. The van der Waals surface area contributed by atoms with Crippen LogP contribution >= 0.6 is 0 Å². The summed E-state index contributed by atoms with van der Waals surface area (Å²) in [5.41, 5.74) is 3.06. The zero-order chi connectivity index (χ0) is 15.1. The van der Waals surface area contributed by atoms with Crippen molar-refractivity contribution >= 4 is 5.91 Å². The number of nitrogens with one attached hydrogen (secondary N) is 1. The van der Waals surface area contributed by atoms with Crippen molar-refractivity contribution in [3.8, 4) is 5.75 Å². The van der Waals surface area contributed by atoms with Crippen LogP contribution < -0.4 is 10.2 Å². The second-order valence-electron chi connectivity index (χ2n) is 4.16. The molecule has 110 valence electrons. The van der Waals surface area contributed by atoms with Gasteiger partial charge in [-0.2, -0.15) is 0 Å². The summed E-state index contributed by atoms with van der Waals surface area (Å²) in [6.07, 6.45) is 0. The summed E-state index contributed by atoms with van der Waals surface area (Å²) in [6, 6.07) is 12.1. The maximum absolute atomic E-state index is 13.2. The Bertz CT molecular complexity index is 605. The molecule has 0 saturated carbocycles. The van der Waals surface area contributed by atoms with Crippen LogP contribution in [0.4, 0.5) is 8.78 Å². The highest BCUT2D eigenvalue weighted by atomic mass is 19.1. The van der Waals surface area contributed by atoms with Gasteiger partial charge in [0.25, 0.3) is 5.91 Å². The van der Waals surface area contributed by atoms with E-state index in [0.717, 1.165) is 17.7 Å². The van der Waals surface area contributed by atoms with E-state index in [2.05, 4.69) is 5.48 Å². The molecule has 1 amide bonds. The van der Waals surface area contributed by atoms with E-state index in [1.165, 1.54) is 0 Å². The Balaban J connectivity index is 1.72. The lowest BCUT2D eigenvalue weighted by Crippen LogP contribution is -2.29. The highest BCUT2D eigenvalue weighted by Gasteiger charge is 2.08. The lowest BCUT2D eigenvalue weighted by molar-refractivity contribution is -0.136. The molecule has 2 rings (SSSR count). The van der Waals surface area contributed by atoms with E-state index in [4.69, 9.17) is 9.57 Å². The Kier molecular flexibility index (Phi) is 5.22. The Labute approximate surface area is 120 Å². The average Bonchev–Trinajstić information content (AvgIpc) is 2.47. The zero-order valence-electron chi connectivity index (χ0n) is 11.0. The van der Waals surface area contributed by atoms with Crippen molar-refractivity contribution in [3.05, 3.63) is 65.7 Å². The summed E-state index contributed by atoms with van der Waals surface area (Å²) in [5, 5.41) is 0. The van der Waals surface area contributed by atoms with Gasteiger partial charge in [0.05, 0.1) is 6.61 Å². The number of benzene rings is 2. The number of hydrogen-bond acceptors (Lipinski definition) is 3. The summed E-state index contributed by atoms with van der Waals surface area (Å²) in [4.78, 5) is 16.4. The summed E-state index contributed by atoms with van der Waals surface area (Å²) in [5.74, 6) is -2.35. The van der Waals surface area contributed by atoms with Crippen LogP contribution in [-0.2, 0) is 16.2 Å². The number of halogens is 2. The molecular formula is C15H13F2NO3. The van der Waals surface area contributed by atoms with Crippen molar-refractivity contribution in [1.82, 2.24) is 5.48 Å². The summed E-state index contributed by atoms with van der Waals surface area (Å²) >= 11 is 0. The first-order valence-corrected chi connectivity index (χ1v) is 6.17. The molecule has 0 radical (unpaired) electrons. The molecule has 4 nitrogen and oxygen atoms in total. The molecule has 2 aromatic carbocycles. The Morgan fingerprint density at radius 2 is 1.86 bits per heavy atom. The molecular weight excluding hydrogens is 280 g/mol. The fourth-order valence-corrected chi connectivity index (χ4v) is 1.54. The first kappa shape index (κ1) is 14.9. The minimum Gasteiger partial charge on any atom is -0.481 e. The Morgan fingerprint density at radius 3 is 2.57 bits per heavy atom. The quantitative estimate of drug-likeness (QED) is 0.833. The van der Waals surface area contributed by atoms with Gasteiger partial charge < -0.3 is 4.74 Å². The Morgan fingerprint density at radius 1 is 1.10 bits per heavy atom. The average molecular weight is 293 g/mol. The van der Waals surface area contributed by atoms with Gasteiger partial charge in [-0.15, -0.1) is 0 Å². The van der Waals surface area contributed by atoms with Crippen molar-refractivity contribution < 1.29 is 23.1 Å². The Hall–Kier alpha value is -2.47. The SMILES string of the molecule is O=C(COc1ccc(F)cc1F)NOCc1ccccc1. The summed E-state index contributed by atoms with van der Waals surface area (Å²) in [7, 11) is 0. The first-order chi connectivity index (χ1) is 10.1. The van der Waals surface area contributed by atoms with Crippen LogP contribution in [0.25, 0.3) is 0 Å². The van der Waals surface area contributed by atoms with Gasteiger partial charge in [-0.25, -0.2) is 14.3 Å². The lowest BCUT2D eigenvalue weighted by atomic mass is 10.2. The molecule has 2 aromatic rings. The number of hydroxylamine groups is 1. The van der Waals surface area contributed by atoms with Gasteiger partial charge in [0, 0.05) is 6.07 Å². The predicted molar refractivity (Wildman–Crippen MR) is 71.2 cm³/mol. The normalized spacial score (nSPS) is 10.2. The van der Waals surface area contributed by atoms with E-state index in [-0.39, 0.29) is 12.4 Å². The molecule has 0 aliphatic heterocycles. The maximum atomic E-state index is 13.2. The van der Waals surface area contributed by atoms with Crippen molar-refractivity contribution in [2.75, 3.05) is 6.61 Å². The second-order valence-corrected chi connectivity index (χ2v) is 4.16. The molecule has 21 heavy (non-hydrogen) atoms. The summed E-state index contributed by atoms with van der Waals surface area (Å²) < 4.78 is 30.8. The molecule has 0 aliphatic rings. The van der Waals surface area contributed by atoms with E-state index in [1.807, 2.05) is 30.3 Å². The first-order valence-electron chi connectivity index (χ1n) is 6.17. The molecule has 0 aliphatic carbocycles. The van der Waals surface area contributed by atoms with Gasteiger partial charge in [0.15, 0.2) is 18.2 Å². The highest BCUT2D eigenvalue weighted by Crippen LogP contribution is 2.17. The third kappa shape index (κ3) is 4.85. The number of carbonyl (C=O) groups is 1. The van der Waals surface area contributed by atoms with E-state index in [0.29, 0.717) is 6.07 Å². The molecule has 0 unspecified atom stereocenters. The fraction of sp³-hybridized carbons (Fsp3) is 0.133. The number of carbonyl (C=O) groups excluding carboxylic acids is 1. The van der Waals surface area contributed by atoms with Crippen molar-refractivity contribution in [1.29, 1.82) is 0 Å². The molecule has 0 spiro atoms. The van der Waals surface area contributed by atoms with Crippen LogP contribution in [0.15, 0.2) is 48.5 Å². The standard InChI is InChI=1S/C15H13F2NO3/c16-12-6-7-14(13(17)8-12)20-10-15(19)18-21-9-11-4-2-1-3-5-11/h1-8H,9-10H2,(H,18,19).